The van der Waals surface area contributed by atoms with Crippen LogP contribution >= 0.6 is 15.9 Å². The fourth-order valence-corrected chi connectivity index (χ4v) is 1.82. The minimum absolute atomic E-state index is 0.0280. The number of carbonyl (C=O) groups excluding carboxylic acids is 2. The average molecular weight is 298 g/mol. The Bertz CT molecular complexity index is 594. The monoisotopic (exact) mass is 297 g/mol. The number of furan rings is 1. The molecule has 2 amide bonds. The van der Waals surface area contributed by atoms with Gasteiger partial charge in [0.05, 0.1) is 11.1 Å². The van der Waals surface area contributed by atoms with Gasteiger partial charge < -0.3 is 9.73 Å². The summed E-state index contributed by atoms with van der Waals surface area (Å²) in [6.07, 6.45) is 1.87. The Morgan fingerprint density at radius 3 is 3.00 bits per heavy atom. The van der Waals surface area contributed by atoms with Crippen LogP contribution in [-0.2, 0) is 4.79 Å². The van der Waals surface area contributed by atoms with Gasteiger partial charge in [0.1, 0.15) is 0 Å². The van der Waals surface area contributed by atoms with Crippen molar-refractivity contribution in [2.45, 2.75) is 0 Å². The van der Waals surface area contributed by atoms with Gasteiger partial charge in [-0.2, -0.15) is 0 Å². The van der Waals surface area contributed by atoms with E-state index in [0.29, 0.717) is 23.2 Å². The summed E-state index contributed by atoms with van der Waals surface area (Å²) in [5.74, 6) is -0.585. The van der Waals surface area contributed by atoms with Crippen molar-refractivity contribution in [3.05, 3.63) is 22.5 Å². The lowest BCUT2D eigenvalue weighted by Gasteiger charge is -1.99. The Hall–Kier alpha value is -1.89. The second-order valence-electron chi connectivity index (χ2n) is 3.15. The molecule has 88 valence electrons. The highest BCUT2D eigenvalue weighted by atomic mass is 79.9. The molecule has 0 fully saturated rings. The lowest BCUT2D eigenvalue weighted by molar-refractivity contribution is -0.108. The van der Waals surface area contributed by atoms with Crippen LogP contribution in [0, 0.1) is 0 Å². The maximum absolute atomic E-state index is 11.6. The van der Waals surface area contributed by atoms with E-state index in [4.69, 9.17) is 4.42 Å². The highest BCUT2D eigenvalue weighted by Gasteiger charge is 2.20. The van der Waals surface area contributed by atoms with Crippen molar-refractivity contribution < 1.29 is 14.0 Å². The molecule has 0 aliphatic carbocycles. The minimum atomic E-state index is -0.613. The molecule has 0 bridgehead atoms. The SMILES string of the molecule is CNc1c(C(=O)NC=O)oc2ncc(Br)cc12. The van der Waals surface area contributed by atoms with Crippen LogP contribution in [0.3, 0.4) is 0 Å². The fourth-order valence-electron chi connectivity index (χ4n) is 1.48. The van der Waals surface area contributed by atoms with E-state index in [2.05, 4.69) is 26.2 Å². The summed E-state index contributed by atoms with van der Waals surface area (Å²) >= 11 is 3.28. The Labute approximate surface area is 105 Å². The summed E-state index contributed by atoms with van der Waals surface area (Å²) in [4.78, 5) is 25.8. The fraction of sp³-hybridized carbons (Fsp3) is 0.100. The van der Waals surface area contributed by atoms with Crippen LogP contribution in [0.1, 0.15) is 10.6 Å². The van der Waals surface area contributed by atoms with Crippen molar-refractivity contribution in [3.8, 4) is 0 Å². The van der Waals surface area contributed by atoms with Crippen LogP contribution < -0.4 is 10.6 Å². The molecule has 0 saturated carbocycles. The number of nitrogens with zero attached hydrogens (tertiary/aromatic N) is 1. The van der Waals surface area contributed by atoms with Crippen molar-refractivity contribution in [2.24, 2.45) is 0 Å². The first-order valence-corrected chi connectivity index (χ1v) is 5.47. The highest BCUT2D eigenvalue weighted by Crippen LogP contribution is 2.30. The van der Waals surface area contributed by atoms with Gasteiger partial charge in [-0.25, -0.2) is 4.98 Å². The third-order valence-corrected chi connectivity index (χ3v) is 2.59. The molecule has 0 aliphatic rings. The standard InChI is InChI=1S/C10H8BrN3O3/c1-12-7-6-2-5(11)3-13-10(6)17-8(7)9(16)14-4-15/h2-4,12H,1H3,(H,14,15,16). The molecule has 2 rings (SSSR count). The van der Waals surface area contributed by atoms with Gasteiger partial charge in [-0.05, 0) is 22.0 Å². The van der Waals surface area contributed by atoms with Crippen LogP contribution in [0.5, 0.6) is 0 Å². The van der Waals surface area contributed by atoms with Crippen LogP contribution in [0.2, 0.25) is 0 Å². The Balaban J connectivity index is 2.63. The molecule has 2 aromatic heterocycles. The summed E-state index contributed by atoms with van der Waals surface area (Å²) in [5.41, 5.74) is 0.821. The quantitative estimate of drug-likeness (QED) is 0.839. The van der Waals surface area contributed by atoms with Gasteiger partial charge in [-0.15, -0.1) is 0 Å². The third-order valence-electron chi connectivity index (χ3n) is 2.16. The number of fused-ring (bicyclic) bond motifs is 1. The van der Waals surface area contributed by atoms with E-state index < -0.39 is 5.91 Å². The van der Waals surface area contributed by atoms with Gasteiger partial charge in [-0.1, -0.05) is 0 Å². The molecule has 0 aliphatic heterocycles. The number of aromatic nitrogens is 1. The molecule has 2 heterocycles. The summed E-state index contributed by atoms with van der Waals surface area (Å²) in [7, 11) is 1.66. The van der Waals surface area contributed by atoms with Gasteiger partial charge in [0.15, 0.2) is 0 Å². The molecule has 0 aromatic carbocycles. The van der Waals surface area contributed by atoms with Crippen molar-refractivity contribution in [1.29, 1.82) is 0 Å². The summed E-state index contributed by atoms with van der Waals surface area (Å²) in [6, 6.07) is 1.77. The normalized spacial score (nSPS) is 10.2. The van der Waals surface area contributed by atoms with Crippen molar-refractivity contribution in [3.63, 3.8) is 0 Å². The number of rotatable bonds is 3. The number of amides is 2. The first kappa shape index (κ1) is 11.6. The number of anilines is 1. The van der Waals surface area contributed by atoms with Gasteiger partial charge in [0.2, 0.25) is 17.9 Å². The van der Waals surface area contributed by atoms with Crippen molar-refractivity contribution in [2.75, 3.05) is 12.4 Å². The van der Waals surface area contributed by atoms with Gasteiger partial charge in [-0.3, -0.25) is 14.9 Å². The number of nitrogens with one attached hydrogen (secondary N) is 2. The largest absolute Gasteiger partial charge is 0.430 e. The zero-order chi connectivity index (χ0) is 12.4. The number of halogens is 1. The lowest BCUT2D eigenvalue weighted by atomic mass is 10.2. The molecular weight excluding hydrogens is 290 g/mol. The van der Waals surface area contributed by atoms with E-state index in [1.165, 1.54) is 0 Å². The number of pyridine rings is 1. The maximum Gasteiger partial charge on any atom is 0.295 e. The van der Waals surface area contributed by atoms with Crippen LogP contribution in [0.25, 0.3) is 11.1 Å². The number of imide groups is 1. The van der Waals surface area contributed by atoms with Gasteiger partial charge >= 0.3 is 0 Å². The Morgan fingerprint density at radius 2 is 2.35 bits per heavy atom. The van der Waals surface area contributed by atoms with Crippen molar-refractivity contribution in [1.82, 2.24) is 10.3 Å². The maximum atomic E-state index is 11.6. The molecular formula is C10H8BrN3O3. The molecule has 6 nitrogen and oxygen atoms in total. The number of hydrogen-bond acceptors (Lipinski definition) is 5. The first-order chi connectivity index (χ1) is 8.17. The molecule has 0 saturated heterocycles. The van der Waals surface area contributed by atoms with E-state index in [1.54, 1.807) is 19.3 Å². The van der Waals surface area contributed by atoms with Crippen LogP contribution in [0.4, 0.5) is 5.69 Å². The molecule has 0 spiro atoms. The molecule has 7 heteroatoms. The van der Waals surface area contributed by atoms with Crippen molar-refractivity contribution >= 4 is 45.0 Å². The van der Waals surface area contributed by atoms with Gasteiger partial charge in [0, 0.05) is 17.7 Å². The topological polar surface area (TPSA) is 84.2 Å². The first-order valence-electron chi connectivity index (χ1n) is 4.67. The predicted molar refractivity (Wildman–Crippen MR) is 64.8 cm³/mol. The van der Waals surface area contributed by atoms with E-state index in [-0.39, 0.29) is 5.76 Å². The minimum Gasteiger partial charge on any atom is -0.430 e. The van der Waals surface area contributed by atoms with E-state index in [0.717, 1.165) is 4.47 Å². The third kappa shape index (κ3) is 2.01. The smallest absolute Gasteiger partial charge is 0.295 e. The molecule has 2 aromatic rings. The molecule has 2 N–H and O–H groups in total. The second-order valence-corrected chi connectivity index (χ2v) is 4.07. The lowest BCUT2D eigenvalue weighted by Crippen LogP contribution is -2.21. The van der Waals surface area contributed by atoms with Crippen LogP contribution in [-0.4, -0.2) is 24.3 Å². The van der Waals surface area contributed by atoms with Gasteiger partial charge in [0.25, 0.3) is 5.91 Å². The Kier molecular flexibility index (Phi) is 3.10. The summed E-state index contributed by atoms with van der Waals surface area (Å²) in [6.45, 7) is 0. The van der Waals surface area contributed by atoms with E-state index in [1.807, 2.05) is 5.32 Å². The number of carbonyl (C=O) groups is 2. The number of hydrogen-bond donors (Lipinski definition) is 2. The summed E-state index contributed by atoms with van der Waals surface area (Å²) in [5, 5.41) is 5.54. The molecule has 17 heavy (non-hydrogen) atoms. The second kappa shape index (κ2) is 4.54. The zero-order valence-electron chi connectivity index (χ0n) is 8.78. The molecule has 0 radical (unpaired) electrons. The summed E-state index contributed by atoms with van der Waals surface area (Å²) < 4.78 is 6.06. The van der Waals surface area contributed by atoms with E-state index >= 15 is 0 Å². The Morgan fingerprint density at radius 1 is 1.59 bits per heavy atom. The molecule has 0 atom stereocenters. The zero-order valence-corrected chi connectivity index (χ0v) is 10.4. The predicted octanol–water partition coefficient (Wildman–Crippen LogP) is 1.52. The molecule has 0 unspecified atom stereocenters. The van der Waals surface area contributed by atoms with E-state index in [9.17, 15) is 9.59 Å². The highest BCUT2D eigenvalue weighted by molar-refractivity contribution is 9.10. The average Bonchev–Trinajstić information content (AvgIpc) is 2.67. The van der Waals surface area contributed by atoms with Crippen LogP contribution in [0.15, 0.2) is 21.2 Å².